The van der Waals surface area contributed by atoms with Gasteiger partial charge in [0.05, 0.1) is 12.7 Å². The van der Waals surface area contributed by atoms with Crippen molar-refractivity contribution < 1.29 is 66.0 Å². The number of esters is 1. The maximum atomic E-state index is 12.4. The van der Waals surface area contributed by atoms with Gasteiger partial charge >= 0.3 is 57.4 Å². The van der Waals surface area contributed by atoms with Crippen molar-refractivity contribution in [3.05, 3.63) is 23.9 Å². The molecule has 0 aromatic carbocycles. The Kier molecular flexibility index (Phi) is 5.19. The topological polar surface area (TPSA) is 67.2 Å². The number of carbonyl (C=O) groups is 1. The Balaban J connectivity index is 0.00000180. The third-order valence-corrected chi connectivity index (χ3v) is 2.75. The first-order valence-corrected chi connectivity index (χ1v) is 5.63. The number of nitrogens with zero attached hydrogens (tertiary/aromatic N) is 2. The van der Waals surface area contributed by atoms with E-state index in [0.29, 0.717) is 11.0 Å². The zero-order chi connectivity index (χ0) is 13.5. The van der Waals surface area contributed by atoms with E-state index in [1.165, 1.54) is 11.7 Å². The van der Waals surface area contributed by atoms with Crippen LogP contribution in [0.2, 0.25) is 0 Å². The summed E-state index contributed by atoms with van der Waals surface area (Å²) in [7, 11) is 1.26. The number of hydrogen-bond acceptors (Lipinski definition) is 4. The number of ether oxygens (including phenoxy) is 1. The van der Waals surface area contributed by atoms with Crippen LogP contribution in [-0.4, -0.2) is 22.6 Å². The molecule has 0 aliphatic heterocycles. The van der Waals surface area contributed by atoms with Crippen LogP contribution in [0.3, 0.4) is 0 Å². The van der Waals surface area contributed by atoms with Crippen molar-refractivity contribution in [1.29, 1.82) is 0 Å². The Morgan fingerprint density at radius 3 is 2.58 bits per heavy atom. The summed E-state index contributed by atoms with van der Waals surface area (Å²) in [5.74, 6) is -0.982. The summed E-state index contributed by atoms with van der Waals surface area (Å²) in [5.41, 5.74) is 0.113. The van der Waals surface area contributed by atoms with Gasteiger partial charge in [-0.15, -0.1) is 0 Å². The molecule has 19 heavy (non-hydrogen) atoms. The molecule has 0 aliphatic carbocycles. The van der Waals surface area contributed by atoms with E-state index in [1.807, 2.05) is 20.8 Å². The monoisotopic (exact) mass is 286 g/mol. The second kappa shape index (κ2) is 5.93. The van der Waals surface area contributed by atoms with Gasteiger partial charge in [0.1, 0.15) is 5.65 Å². The minimum atomic E-state index is -0.624. The van der Waals surface area contributed by atoms with Crippen LogP contribution in [0.5, 0.6) is 5.88 Å². The van der Waals surface area contributed by atoms with Gasteiger partial charge in [-0.3, -0.25) is 0 Å². The van der Waals surface area contributed by atoms with Crippen LogP contribution in [-0.2, 0) is 10.3 Å². The number of fused-ring (bicyclic) bond motifs is 1. The third kappa shape index (κ3) is 2.87. The number of methoxy groups -OCH3 is 1. The normalized spacial score (nSPS) is 11.2. The molecule has 96 valence electrons. The molecule has 2 heterocycles. The number of rotatable bonds is 1. The molecule has 2 aromatic heterocycles. The van der Waals surface area contributed by atoms with Gasteiger partial charge < -0.3 is 14.4 Å². The molecule has 0 spiro atoms. The van der Waals surface area contributed by atoms with Gasteiger partial charge in [0.15, 0.2) is 0 Å². The Hall–Kier alpha value is -0.404. The van der Waals surface area contributed by atoms with E-state index < -0.39 is 11.5 Å². The molecule has 0 bridgehead atoms. The summed E-state index contributed by atoms with van der Waals surface area (Å²) in [5, 5.41) is 12.9. The minimum absolute atomic E-state index is 0. The van der Waals surface area contributed by atoms with Gasteiger partial charge in [0.25, 0.3) is 0 Å². The summed E-state index contributed by atoms with van der Waals surface area (Å²) in [6.45, 7) is 5.68. The van der Waals surface area contributed by atoms with Crippen molar-refractivity contribution in [2.45, 2.75) is 26.3 Å². The fourth-order valence-corrected chi connectivity index (χ4v) is 2.02. The van der Waals surface area contributed by atoms with Crippen LogP contribution in [0.1, 0.15) is 31.1 Å². The van der Waals surface area contributed by atoms with E-state index in [9.17, 15) is 9.90 Å². The molecular weight excluding hydrogens is 271 g/mol. The first kappa shape index (κ1) is 16.7. The molecular formula is C13H15KN2O3. The van der Waals surface area contributed by atoms with Gasteiger partial charge in [-0.05, 0) is 38.8 Å². The van der Waals surface area contributed by atoms with E-state index in [2.05, 4.69) is 9.72 Å². The average Bonchev–Trinajstić information content (AvgIpc) is 2.59. The van der Waals surface area contributed by atoms with Crippen LogP contribution in [0.25, 0.3) is 11.0 Å². The van der Waals surface area contributed by atoms with Crippen LogP contribution < -0.4 is 56.5 Å². The Bertz CT molecular complexity index is 614. The summed E-state index contributed by atoms with van der Waals surface area (Å²) in [6.07, 6.45) is 1.60. The molecule has 6 heteroatoms. The molecule has 0 atom stereocenters. The maximum absolute atomic E-state index is 12.4. The standard InChI is InChI=1S/C13H16N2O3.K/c1-13(2,3)15-10-8(6-5-7-14-10)9(11(15)16)12(17)18-4;/h5-7,16H,1-4H3;/q;+1/p-1. The number of pyridine rings is 1. The van der Waals surface area contributed by atoms with Gasteiger partial charge in [-0.2, -0.15) is 0 Å². The predicted molar refractivity (Wildman–Crippen MR) is 65.5 cm³/mol. The molecule has 0 saturated heterocycles. The quantitative estimate of drug-likeness (QED) is 0.480. The Morgan fingerprint density at radius 2 is 2.05 bits per heavy atom. The first-order chi connectivity index (χ1) is 8.38. The SMILES string of the molecule is COC(=O)c1c([O-])n(C(C)(C)C)c2ncccc12.[K+]. The predicted octanol–water partition coefficient (Wildman–Crippen LogP) is -1.34. The zero-order valence-corrected chi connectivity index (χ0v) is 15.0. The van der Waals surface area contributed by atoms with E-state index in [0.717, 1.165) is 0 Å². The van der Waals surface area contributed by atoms with Gasteiger partial charge in [0.2, 0.25) is 0 Å². The number of hydrogen-bond donors (Lipinski definition) is 0. The summed E-state index contributed by atoms with van der Waals surface area (Å²) in [6, 6.07) is 3.40. The van der Waals surface area contributed by atoms with Crippen molar-refractivity contribution in [3.8, 4) is 5.88 Å². The van der Waals surface area contributed by atoms with Gasteiger partial charge in [0, 0.05) is 17.1 Å². The molecule has 2 aromatic rings. The molecule has 0 N–H and O–H groups in total. The molecule has 0 saturated carbocycles. The first-order valence-electron chi connectivity index (χ1n) is 5.63. The molecule has 5 nitrogen and oxygen atoms in total. The largest absolute Gasteiger partial charge is 1.00 e. The Morgan fingerprint density at radius 1 is 1.42 bits per heavy atom. The third-order valence-electron chi connectivity index (χ3n) is 2.75. The molecule has 0 radical (unpaired) electrons. The Labute approximate surface area is 154 Å². The van der Waals surface area contributed by atoms with Crippen molar-refractivity contribution in [2.75, 3.05) is 7.11 Å². The smallest absolute Gasteiger partial charge is 0.859 e. The van der Waals surface area contributed by atoms with Crippen LogP contribution >= 0.6 is 0 Å². The van der Waals surface area contributed by atoms with Gasteiger partial charge in [-0.1, -0.05) is 0 Å². The zero-order valence-electron chi connectivity index (χ0n) is 11.9. The van der Waals surface area contributed by atoms with Crippen molar-refractivity contribution >= 4 is 17.0 Å². The molecule has 0 amide bonds. The van der Waals surface area contributed by atoms with Crippen molar-refractivity contribution in [3.63, 3.8) is 0 Å². The molecule has 0 aliphatic rings. The van der Waals surface area contributed by atoms with Crippen molar-refractivity contribution in [2.24, 2.45) is 0 Å². The average molecular weight is 286 g/mol. The number of aromatic nitrogens is 2. The van der Waals surface area contributed by atoms with E-state index in [1.54, 1.807) is 18.3 Å². The summed E-state index contributed by atoms with van der Waals surface area (Å²) >= 11 is 0. The summed E-state index contributed by atoms with van der Waals surface area (Å²) < 4.78 is 6.19. The summed E-state index contributed by atoms with van der Waals surface area (Å²) in [4.78, 5) is 15.9. The fourth-order valence-electron chi connectivity index (χ4n) is 2.02. The second-order valence-corrected chi connectivity index (χ2v) is 5.05. The van der Waals surface area contributed by atoms with Crippen LogP contribution in [0.15, 0.2) is 18.3 Å². The van der Waals surface area contributed by atoms with E-state index in [4.69, 9.17) is 0 Å². The maximum Gasteiger partial charge on any atom is 1.00 e. The van der Waals surface area contributed by atoms with Crippen molar-refractivity contribution in [1.82, 2.24) is 9.55 Å². The van der Waals surface area contributed by atoms with E-state index >= 15 is 0 Å². The fraction of sp³-hybridized carbons (Fsp3) is 0.385. The second-order valence-electron chi connectivity index (χ2n) is 5.05. The molecule has 2 rings (SSSR count). The van der Waals surface area contributed by atoms with Gasteiger partial charge in [-0.25, -0.2) is 9.78 Å². The number of carbonyl (C=O) groups excluding carboxylic acids is 1. The van der Waals surface area contributed by atoms with Crippen LogP contribution in [0, 0.1) is 0 Å². The molecule has 0 unspecified atom stereocenters. The van der Waals surface area contributed by atoms with Crippen LogP contribution in [0.4, 0.5) is 0 Å². The van der Waals surface area contributed by atoms with E-state index in [-0.39, 0.29) is 62.8 Å². The molecule has 0 fully saturated rings. The minimum Gasteiger partial charge on any atom is -0.859 e.